The fourth-order valence-electron chi connectivity index (χ4n) is 3.10. The van der Waals surface area contributed by atoms with Crippen LogP contribution in [0.3, 0.4) is 0 Å². The molecule has 1 unspecified atom stereocenters. The minimum Gasteiger partial charge on any atom is -0.293 e. The summed E-state index contributed by atoms with van der Waals surface area (Å²) >= 11 is 0. The molecule has 0 aromatic heterocycles. The molecular formula is C18H19ClF3N. The van der Waals surface area contributed by atoms with Gasteiger partial charge in [0.25, 0.3) is 0 Å². The molecule has 1 aliphatic rings. The number of halogens is 4. The van der Waals surface area contributed by atoms with Gasteiger partial charge in [-0.05, 0) is 35.4 Å². The standard InChI is InChI=1S/C18H18F3N.ClH/c1-2-22-10-9-16(18(19,20)21)12-17(22)15-8-7-13-5-3-4-6-14(13)11-15;/h3-9,11,17H,2,10,12H2,1H3;1H. The molecule has 2 aromatic carbocycles. The lowest BCUT2D eigenvalue weighted by atomic mass is 9.92. The van der Waals surface area contributed by atoms with Crippen molar-refractivity contribution in [1.29, 1.82) is 0 Å². The van der Waals surface area contributed by atoms with Crippen molar-refractivity contribution in [1.82, 2.24) is 4.90 Å². The summed E-state index contributed by atoms with van der Waals surface area (Å²) in [5.74, 6) is 0. The summed E-state index contributed by atoms with van der Waals surface area (Å²) in [6, 6.07) is 13.7. The van der Waals surface area contributed by atoms with Crippen LogP contribution in [0.25, 0.3) is 10.8 Å². The van der Waals surface area contributed by atoms with Gasteiger partial charge in [-0.3, -0.25) is 4.90 Å². The Morgan fingerprint density at radius 2 is 1.78 bits per heavy atom. The maximum atomic E-state index is 13.0. The molecule has 1 atom stereocenters. The maximum Gasteiger partial charge on any atom is 0.412 e. The van der Waals surface area contributed by atoms with Crippen LogP contribution < -0.4 is 0 Å². The van der Waals surface area contributed by atoms with E-state index in [2.05, 4.69) is 4.90 Å². The van der Waals surface area contributed by atoms with E-state index in [1.807, 2.05) is 49.4 Å². The number of benzene rings is 2. The monoisotopic (exact) mass is 341 g/mol. The van der Waals surface area contributed by atoms with Gasteiger partial charge in [-0.15, -0.1) is 12.4 Å². The molecule has 0 radical (unpaired) electrons. The Morgan fingerprint density at radius 3 is 2.43 bits per heavy atom. The van der Waals surface area contributed by atoms with E-state index in [0.29, 0.717) is 6.54 Å². The molecule has 0 amide bonds. The lowest BCUT2D eigenvalue weighted by Crippen LogP contribution is -2.35. The second-order valence-electron chi connectivity index (χ2n) is 5.64. The lowest BCUT2D eigenvalue weighted by Gasteiger charge is -2.35. The van der Waals surface area contributed by atoms with E-state index in [4.69, 9.17) is 0 Å². The highest BCUT2D eigenvalue weighted by Gasteiger charge is 2.38. The minimum absolute atomic E-state index is 0. The second kappa shape index (κ2) is 6.93. The molecule has 2 aromatic rings. The van der Waals surface area contributed by atoms with E-state index in [1.54, 1.807) is 0 Å². The minimum atomic E-state index is -4.23. The number of hydrogen-bond donors (Lipinski definition) is 0. The van der Waals surface area contributed by atoms with Crippen LogP contribution in [0, 0.1) is 0 Å². The molecule has 0 aliphatic carbocycles. The fourth-order valence-corrected chi connectivity index (χ4v) is 3.10. The van der Waals surface area contributed by atoms with Crippen molar-refractivity contribution < 1.29 is 13.2 Å². The first kappa shape index (κ1) is 17.8. The van der Waals surface area contributed by atoms with Crippen molar-refractivity contribution >= 4 is 23.2 Å². The average molecular weight is 342 g/mol. The summed E-state index contributed by atoms with van der Waals surface area (Å²) in [6.07, 6.45) is -2.88. The molecule has 0 spiro atoms. The van der Waals surface area contributed by atoms with Gasteiger partial charge in [0.05, 0.1) is 0 Å². The Balaban J connectivity index is 0.00000192. The third kappa shape index (κ3) is 3.70. The zero-order valence-corrected chi connectivity index (χ0v) is 13.6. The molecule has 0 bridgehead atoms. The largest absolute Gasteiger partial charge is 0.412 e. The molecule has 1 aliphatic heterocycles. The van der Waals surface area contributed by atoms with Crippen LogP contribution in [0.15, 0.2) is 54.1 Å². The number of hydrogen-bond acceptors (Lipinski definition) is 1. The molecule has 5 heteroatoms. The number of nitrogens with zero attached hydrogens (tertiary/aromatic N) is 1. The Labute approximate surface area is 140 Å². The zero-order valence-electron chi connectivity index (χ0n) is 12.8. The molecule has 3 rings (SSSR count). The van der Waals surface area contributed by atoms with Crippen LogP contribution >= 0.6 is 12.4 Å². The van der Waals surface area contributed by atoms with Crippen molar-refractivity contribution in [3.05, 3.63) is 59.7 Å². The van der Waals surface area contributed by atoms with Crippen molar-refractivity contribution in [3.63, 3.8) is 0 Å². The van der Waals surface area contributed by atoms with Gasteiger partial charge in [0, 0.05) is 18.2 Å². The van der Waals surface area contributed by atoms with Gasteiger partial charge in [0.15, 0.2) is 0 Å². The Morgan fingerprint density at radius 1 is 1.09 bits per heavy atom. The molecule has 0 N–H and O–H groups in total. The molecule has 0 fully saturated rings. The summed E-state index contributed by atoms with van der Waals surface area (Å²) < 4.78 is 39.1. The van der Waals surface area contributed by atoms with E-state index in [0.717, 1.165) is 22.9 Å². The Kier molecular flexibility index (Phi) is 5.37. The molecule has 124 valence electrons. The molecule has 1 heterocycles. The summed E-state index contributed by atoms with van der Waals surface area (Å²) in [5.41, 5.74) is 0.547. The van der Waals surface area contributed by atoms with Crippen LogP contribution in [0.4, 0.5) is 13.2 Å². The first-order valence-corrected chi connectivity index (χ1v) is 7.48. The zero-order chi connectivity index (χ0) is 15.7. The predicted molar refractivity (Wildman–Crippen MR) is 89.9 cm³/mol. The first-order valence-electron chi connectivity index (χ1n) is 7.48. The third-order valence-corrected chi connectivity index (χ3v) is 4.35. The topological polar surface area (TPSA) is 3.24 Å². The summed E-state index contributed by atoms with van der Waals surface area (Å²) in [6.45, 7) is 3.07. The molecule has 1 nitrogen and oxygen atoms in total. The van der Waals surface area contributed by atoms with Crippen LogP contribution in [-0.4, -0.2) is 24.2 Å². The third-order valence-electron chi connectivity index (χ3n) is 4.35. The molecule has 23 heavy (non-hydrogen) atoms. The van der Waals surface area contributed by atoms with E-state index in [1.165, 1.54) is 6.08 Å². The van der Waals surface area contributed by atoms with Gasteiger partial charge in [0.1, 0.15) is 0 Å². The van der Waals surface area contributed by atoms with Crippen LogP contribution in [-0.2, 0) is 0 Å². The molecule has 0 saturated heterocycles. The fraction of sp³-hybridized carbons (Fsp3) is 0.333. The first-order chi connectivity index (χ1) is 10.5. The van der Waals surface area contributed by atoms with E-state index in [-0.39, 0.29) is 24.9 Å². The Hall–Kier alpha value is -1.52. The molecular weight excluding hydrogens is 323 g/mol. The number of rotatable bonds is 2. The van der Waals surface area contributed by atoms with Crippen molar-refractivity contribution in [3.8, 4) is 0 Å². The van der Waals surface area contributed by atoms with Crippen molar-refractivity contribution in [2.24, 2.45) is 0 Å². The SMILES string of the molecule is CCN1CC=C(C(F)(F)F)CC1c1ccc2ccccc2c1.Cl. The highest BCUT2D eigenvalue weighted by molar-refractivity contribution is 5.85. The summed E-state index contributed by atoms with van der Waals surface area (Å²) in [4.78, 5) is 2.08. The van der Waals surface area contributed by atoms with E-state index in [9.17, 15) is 13.2 Å². The Bertz CT molecular complexity index is 709. The van der Waals surface area contributed by atoms with E-state index < -0.39 is 11.7 Å². The predicted octanol–water partition coefficient (Wildman–Crippen LogP) is 5.52. The van der Waals surface area contributed by atoms with Crippen LogP contribution in [0.1, 0.15) is 24.9 Å². The van der Waals surface area contributed by atoms with Crippen LogP contribution in [0.2, 0.25) is 0 Å². The number of fused-ring (bicyclic) bond motifs is 1. The molecule has 0 saturated carbocycles. The van der Waals surface area contributed by atoms with Gasteiger partial charge >= 0.3 is 6.18 Å². The second-order valence-corrected chi connectivity index (χ2v) is 5.64. The van der Waals surface area contributed by atoms with E-state index >= 15 is 0 Å². The van der Waals surface area contributed by atoms with Crippen molar-refractivity contribution in [2.45, 2.75) is 25.6 Å². The number of alkyl halides is 3. The quantitative estimate of drug-likeness (QED) is 0.650. The number of likely N-dealkylation sites (N-methyl/N-ethyl adjacent to an activating group) is 1. The normalized spacial score (nSPS) is 19.3. The maximum absolute atomic E-state index is 13.0. The highest BCUT2D eigenvalue weighted by Crippen LogP contribution is 2.39. The van der Waals surface area contributed by atoms with Gasteiger partial charge in [0.2, 0.25) is 0 Å². The van der Waals surface area contributed by atoms with Gasteiger partial charge in [-0.25, -0.2) is 0 Å². The van der Waals surface area contributed by atoms with Gasteiger partial charge in [-0.2, -0.15) is 13.2 Å². The van der Waals surface area contributed by atoms with Gasteiger partial charge < -0.3 is 0 Å². The summed E-state index contributed by atoms with van der Waals surface area (Å²) in [5, 5.41) is 2.18. The average Bonchev–Trinajstić information content (AvgIpc) is 2.53. The van der Waals surface area contributed by atoms with Crippen LogP contribution in [0.5, 0.6) is 0 Å². The van der Waals surface area contributed by atoms with Gasteiger partial charge in [-0.1, -0.05) is 49.4 Å². The summed E-state index contributed by atoms with van der Waals surface area (Å²) in [7, 11) is 0. The smallest absolute Gasteiger partial charge is 0.293 e. The van der Waals surface area contributed by atoms with Crippen molar-refractivity contribution in [2.75, 3.05) is 13.1 Å². The highest BCUT2D eigenvalue weighted by atomic mass is 35.5. The lowest BCUT2D eigenvalue weighted by molar-refractivity contribution is -0.0979.